The molecule has 1 aromatic carbocycles. The molecule has 24 heavy (non-hydrogen) atoms. The van der Waals surface area contributed by atoms with E-state index in [1.165, 1.54) is 18.2 Å². The van der Waals surface area contributed by atoms with Crippen molar-refractivity contribution in [1.29, 1.82) is 0 Å². The van der Waals surface area contributed by atoms with Crippen LogP contribution in [0.25, 0.3) is 0 Å². The Labute approximate surface area is 137 Å². The van der Waals surface area contributed by atoms with Crippen molar-refractivity contribution in [2.75, 3.05) is 13.2 Å². The molecular formula is C15H20O9. The number of hydrogen-bond donors (Lipinski definition) is 6. The summed E-state index contributed by atoms with van der Waals surface area (Å²) in [5, 5.41) is 57.0. The van der Waals surface area contributed by atoms with Crippen LogP contribution in [0, 0.1) is 0 Å². The third-order valence-electron chi connectivity index (χ3n) is 3.85. The Balaban J connectivity index is 1.97. The van der Waals surface area contributed by atoms with Crippen molar-refractivity contribution in [3.8, 4) is 5.75 Å². The van der Waals surface area contributed by atoms with Crippen LogP contribution in [0.2, 0.25) is 0 Å². The highest BCUT2D eigenvalue weighted by Crippen LogP contribution is 2.25. The van der Waals surface area contributed by atoms with E-state index in [-0.39, 0.29) is 24.3 Å². The number of phenols is 1. The Bertz CT molecular complexity index is 574. The number of carbonyl (C=O) groups is 1. The molecule has 2 rings (SSSR count). The zero-order valence-electron chi connectivity index (χ0n) is 12.6. The number of aromatic hydroxyl groups is 1. The molecule has 9 nitrogen and oxygen atoms in total. The van der Waals surface area contributed by atoms with Crippen molar-refractivity contribution in [1.82, 2.24) is 0 Å². The predicted octanol–water partition coefficient (Wildman–Crippen LogP) is -1.55. The first-order valence-corrected chi connectivity index (χ1v) is 7.33. The number of rotatable bonds is 6. The Morgan fingerprint density at radius 1 is 1.17 bits per heavy atom. The van der Waals surface area contributed by atoms with Gasteiger partial charge in [0, 0.05) is 0 Å². The van der Waals surface area contributed by atoms with Crippen LogP contribution < -0.4 is 0 Å². The molecule has 1 aliphatic rings. The minimum Gasteiger partial charge on any atom is -0.507 e. The predicted molar refractivity (Wildman–Crippen MR) is 78.5 cm³/mol. The number of benzene rings is 1. The molecule has 0 amide bonds. The fourth-order valence-corrected chi connectivity index (χ4v) is 2.46. The summed E-state index contributed by atoms with van der Waals surface area (Å²) >= 11 is 0. The minimum absolute atomic E-state index is 0.0562. The molecule has 134 valence electrons. The summed E-state index contributed by atoms with van der Waals surface area (Å²) in [7, 11) is 0. The average Bonchev–Trinajstić information content (AvgIpc) is 2.56. The molecule has 0 bridgehead atoms. The van der Waals surface area contributed by atoms with Crippen LogP contribution in [-0.2, 0) is 15.9 Å². The van der Waals surface area contributed by atoms with Gasteiger partial charge in [0.2, 0.25) is 0 Å². The van der Waals surface area contributed by atoms with Crippen molar-refractivity contribution in [3.05, 3.63) is 29.3 Å². The summed E-state index contributed by atoms with van der Waals surface area (Å²) in [6, 6.07) is 4.27. The van der Waals surface area contributed by atoms with Gasteiger partial charge in [0.25, 0.3) is 0 Å². The molecule has 0 aliphatic carbocycles. The van der Waals surface area contributed by atoms with Gasteiger partial charge in [0.1, 0.15) is 35.7 Å². The molecule has 0 aromatic heterocycles. The highest BCUT2D eigenvalue weighted by Gasteiger charge is 2.43. The van der Waals surface area contributed by atoms with Crippen LogP contribution >= 0.6 is 0 Å². The minimum atomic E-state index is -1.54. The third kappa shape index (κ3) is 3.83. The first kappa shape index (κ1) is 18.6. The smallest absolute Gasteiger partial charge is 0.339 e. The summed E-state index contributed by atoms with van der Waals surface area (Å²) in [5.74, 6) is -1.63. The lowest BCUT2D eigenvalue weighted by Crippen LogP contribution is -2.59. The maximum Gasteiger partial charge on any atom is 0.339 e. The summed E-state index contributed by atoms with van der Waals surface area (Å²) in [4.78, 5) is 11.0. The second kappa shape index (κ2) is 7.88. The molecule has 0 unspecified atom stereocenters. The van der Waals surface area contributed by atoms with Crippen LogP contribution in [0.3, 0.4) is 0 Å². The first-order chi connectivity index (χ1) is 11.4. The van der Waals surface area contributed by atoms with Gasteiger partial charge in [-0.1, -0.05) is 12.1 Å². The van der Waals surface area contributed by atoms with Crippen molar-refractivity contribution in [2.24, 2.45) is 0 Å². The molecule has 1 heterocycles. The van der Waals surface area contributed by atoms with Crippen molar-refractivity contribution >= 4 is 5.97 Å². The van der Waals surface area contributed by atoms with Crippen LogP contribution in [0.5, 0.6) is 5.75 Å². The molecule has 1 aliphatic heterocycles. The fourth-order valence-electron chi connectivity index (χ4n) is 2.46. The molecule has 0 radical (unpaired) electrons. The van der Waals surface area contributed by atoms with E-state index in [2.05, 4.69) is 0 Å². The van der Waals surface area contributed by atoms with Gasteiger partial charge in [0.15, 0.2) is 6.29 Å². The number of carboxylic acid groups (broad SMARTS) is 1. The molecule has 9 heteroatoms. The summed E-state index contributed by atoms with van der Waals surface area (Å²) in [6.45, 7) is -0.619. The van der Waals surface area contributed by atoms with Crippen molar-refractivity contribution in [3.63, 3.8) is 0 Å². The van der Waals surface area contributed by atoms with E-state index in [0.717, 1.165) is 0 Å². The number of para-hydroxylation sites is 1. The van der Waals surface area contributed by atoms with E-state index >= 15 is 0 Å². The Hall–Kier alpha value is -1.75. The second-order valence-corrected chi connectivity index (χ2v) is 5.44. The van der Waals surface area contributed by atoms with Gasteiger partial charge in [-0.2, -0.15) is 0 Å². The lowest BCUT2D eigenvalue weighted by Gasteiger charge is -2.39. The standard InChI is InChI=1S/C15H20O9/c16-6-9-11(18)12(19)13(20)15(24-9)23-5-4-7-2-1-3-8(10(7)17)14(21)22/h1-3,9,11-13,15-20H,4-6H2,(H,21,22)/t9-,11-,12+,13-,15-/m1/s1. The lowest BCUT2D eigenvalue weighted by atomic mass is 9.99. The monoisotopic (exact) mass is 344 g/mol. The SMILES string of the molecule is O=C(O)c1cccc(CCO[C@@H]2O[C@H](CO)[C@@H](O)[C@H](O)[C@H]2O)c1O. The molecule has 1 saturated heterocycles. The quantitative estimate of drug-likeness (QED) is 0.359. The van der Waals surface area contributed by atoms with E-state index in [4.69, 9.17) is 19.7 Å². The normalized spacial score (nSPS) is 30.2. The highest BCUT2D eigenvalue weighted by molar-refractivity contribution is 5.91. The number of aliphatic hydroxyl groups is 4. The van der Waals surface area contributed by atoms with Gasteiger partial charge >= 0.3 is 5.97 Å². The van der Waals surface area contributed by atoms with Crippen LogP contribution in [0.4, 0.5) is 0 Å². The first-order valence-electron chi connectivity index (χ1n) is 7.33. The Morgan fingerprint density at radius 3 is 2.50 bits per heavy atom. The van der Waals surface area contributed by atoms with Gasteiger partial charge in [-0.05, 0) is 18.1 Å². The number of aliphatic hydroxyl groups excluding tert-OH is 4. The molecule has 0 spiro atoms. The zero-order chi connectivity index (χ0) is 17.9. The van der Waals surface area contributed by atoms with E-state index in [1.54, 1.807) is 0 Å². The molecule has 5 atom stereocenters. The summed E-state index contributed by atoms with van der Waals surface area (Å²) in [6.07, 6.45) is -6.74. The number of carboxylic acids is 1. The molecule has 6 N–H and O–H groups in total. The molecule has 0 saturated carbocycles. The van der Waals surface area contributed by atoms with Crippen molar-refractivity contribution in [2.45, 2.75) is 37.1 Å². The number of aromatic carboxylic acids is 1. The second-order valence-electron chi connectivity index (χ2n) is 5.44. The Morgan fingerprint density at radius 2 is 1.88 bits per heavy atom. The number of ether oxygens (including phenoxy) is 2. The fraction of sp³-hybridized carbons (Fsp3) is 0.533. The summed E-state index contributed by atoms with van der Waals surface area (Å²) in [5.41, 5.74) is 0.0971. The molecule has 1 aromatic rings. The zero-order valence-corrected chi connectivity index (χ0v) is 12.6. The highest BCUT2D eigenvalue weighted by atomic mass is 16.7. The van der Waals surface area contributed by atoms with Crippen molar-refractivity contribution < 1.29 is 44.9 Å². The van der Waals surface area contributed by atoms with Crippen LogP contribution in [0.1, 0.15) is 15.9 Å². The van der Waals surface area contributed by atoms with Gasteiger partial charge in [-0.25, -0.2) is 4.79 Å². The average molecular weight is 344 g/mol. The van der Waals surface area contributed by atoms with E-state index < -0.39 is 43.3 Å². The molecular weight excluding hydrogens is 324 g/mol. The van der Waals surface area contributed by atoms with E-state index in [1.807, 2.05) is 0 Å². The lowest BCUT2D eigenvalue weighted by molar-refractivity contribution is -0.300. The van der Waals surface area contributed by atoms with Crippen LogP contribution in [-0.4, -0.2) is 80.5 Å². The van der Waals surface area contributed by atoms with Crippen LogP contribution in [0.15, 0.2) is 18.2 Å². The van der Waals surface area contributed by atoms with E-state index in [9.17, 15) is 25.2 Å². The van der Waals surface area contributed by atoms with Gasteiger partial charge < -0.3 is 40.1 Å². The maximum atomic E-state index is 11.0. The van der Waals surface area contributed by atoms with Gasteiger partial charge in [-0.15, -0.1) is 0 Å². The summed E-state index contributed by atoms with van der Waals surface area (Å²) < 4.78 is 10.5. The van der Waals surface area contributed by atoms with Gasteiger partial charge in [0.05, 0.1) is 13.2 Å². The Kier molecular flexibility index (Phi) is 6.10. The largest absolute Gasteiger partial charge is 0.507 e. The van der Waals surface area contributed by atoms with Gasteiger partial charge in [-0.3, -0.25) is 0 Å². The molecule has 1 fully saturated rings. The third-order valence-corrected chi connectivity index (χ3v) is 3.85. The number of hydrogen-bond acceptors (Lipinski definition) is 8. The topological polar surface area (TPSA) is 157 Å². The van der Waals surface area contributed by atoms with E-state index in [0.29, 0.717) is 5.56 Å². The maximum absolute atomic E-state index is 11.0.